The first-order chi connectivity index (χ1) is 5.81. The van der Waals surface area contributed by atoms with Gasteiger partial charge in [-0.05, 0) is 6.42 Å². The molecule has 12 heavy (non-hydrogen) atoms. The van der Waals surface area contributed by atoms with Gasteiger partial charge in [-0.1, -0.05) is 19.8 Å². The minimum Gasteiger partial charge on any atom is -0.467 e. The quantitative estimate of drug-likeness (QED) is 0.413. The number of ketones is 1. The third kappa shape index (κ3) is 7.25. The Morgan fingerprint density at radius 2 is 2.08 bits per heavy atom. The van der Waals surface area contributed by atoms with E-state index in [0.29, 0.717) is 19.3 Å². The predicted octanol–water partition coefficient (Wildman–Crippen LogP) is 1.70. The third-order valence-corrected chi connectivity index (χ3v) is 1.63. The normalized spacial score (nSPS) is 9.42. The van der Waals surface area contributed by atoms with Crippen molar-refractivity contribution in [3.63, 3.8) is 0 Å². The number of hydrogen-bond donors (Lipinski definition) is 0. The van der Waals surface area contributed by atoms with Gasteiger partial charge in [-0.3, -0.25) is 9.59 Å². The van der Waals surface area contributed by atoms with Gasteiger partial charge in [-0.15, -0.1) is 0 Å². The summed E-state index contributed by atoms with van der Waals surface area (Å²) in [5, 5.41) is 0. The highest BCUT2D eigenvalue weighted by Crippen LogP contribution is 2.01. The predicted molar refractivity (Wildman–Crippen MR) is 45.8 cm³/mol. The van der Waals surface area contributed by atoms with Crippen LogP contribution in [-0.4, -0.2) is 18.9 Å². The molecule has 0 fully saturated rings. The van der Waals surface area contributed by atoms with Crippen LogP contribution in [-0.2, 0) is 14.3 Å². The summed E-state index contributed by atoms with van der Waals surface area (Å²) in [7, 11) is 0. The smallest absolute Gasteiger partial charge is 0.293 e. The van der Waals surface area contributed by atoms with Crippen molar-refractivity contribution in [1.82, 2.24) is 0 Å². The van der Waals surface area contributed by atoms with E-state index in [4.69, 9.17) is 0 Å². The monoisotopic (exact) mass is 172 g/mol. The lowest BCUT2D eigenvalue weighted by molar-refractivity contribution is -0.130. The van der Waals surface area contributed by atoms with E-state index in [1.165, 1.54) is 0 Å². The summed E-state index contributed by atoms with van der Waals surface area (Å²) in [4.78, 5) is 20.7. The van der Waals surface area contributed by atoms with Crippen LogP contribution in [0, 0.1) is 0 Å². The van der Waals surface area contributed by atoms with Crippen molar-refractivity contribution in [1.29, 1.82) is 0 Å². The van der Waals surface area contributed by atoms with Crippen molar-refractivity contribution in [2.24, 2.45) is 0 Å². The minimum atomic E-state index is 0.185. The Balaban J connectivity index is 3.15. The van der Waals surface area contributed by atoms with Gasteiger partial charge in [-0.25, -0.2) is 0 Å². The third-order valence-electron chi connectivity index (χ3n) is 1.63. The van der Waals surface area contributed by atoms with Crippen molar-refractivity contribution in [3.8, 4) is 0 Å². The summed E-state index contributed by atoms with van der Waals surface area (Å²) in [5.74, 6) is 0.185. The van der Waals surface area contributed by atoms with Gasteiger partial charge in [0.15, 0.2) is 0 Å². The standard InChI is InChI=1S/C9H16O3/c1-2-3-4-5-9(11)6-7-12-8-10/h8H,2-7H2,1H3. The van der Waals surface area contributed by atoms with Gasteiger partial charge in [0.25, 0.3) is 6.47 Å². The number of hydrogen-bond acceptors (Lipinski definition) is 3. The zero-order chi connectivity index (χ0) is 9.23. The summed E-state index contributed by atoms with van der Waals surface area (Å²) < 4.78 is 4.41. The summed E-state index contributed by atoms with van der Waals surface area (Å²) in [6.45, 7) is 2.70. The maximum absolute atomic E-state index is 11.0. The van der Waals surface area contributed by atoms with E-state index in [-0.39, 0.29) is 12.4 Å². The molecule has 0 spiro atoms. The number of rotatable bonds is 8. The van der Waals surface area contributed by atoms with Crippen LogP contribution < -0.4 is 0 Å². The lowest BCUT2D eigenvalue weighted by Gasteiger charge is -1.98. The van der Waals surface area contributed by atoms with Crippen LogP contribution in [0.5, 0.6) is 0 Å². The lowest BCUT2D eigenvalue weighted by atomic mass is 10.1. The van der Waals surface area contributed by atoms with Crippen LogP contribution in [0.2, 0.25) is 0 Å². The fraction of sp³-hybridized carbons (Fsp3) is 0.778. The van der Waals surface area contributed by atoms with Crippen molar-refractivity contribution in [3.05, 3.63) is 0 Å². The molecule has 0 rings (SSSR count). The number of Topliss-reactive ketones (excluding diaryl/α,β-unsaturated/α-hetero) is 1. The van der Waals surface area contributed by atoms with Gasteiger partial charge in [-0.2, -0.15) is 0 Å². The molecule has 0 saturated heterocycles. The van der Waals surface area contributed by atoms with Crippen molar-refractivity contribution in [2.45, 2.75) is 39.0 Å². The van der Waals surface area contributed by atoms with Gasteiger partial charge in [0.1, 0.15) is 5.78 Å². The van der Waals surface area contributed by atoms with E-state index < -0.39 is 0 Å². The Kier molecular flexibility index (Phi) is 7.65. The number of carbonyl (C=O) groups is 2. The van der Waals surface area contributed by atoms with Crippen LogP contribution in [0.15, 0.2) is 0 Å². The number of carbonyl (C=O) groups excluding carboxylic acids is 2. The fourth-order valence-electron chi connectivity index (χ4n) is 0.918. The minimum absolute atomic E-state index is 0.185. The fourth-order valence-corrected chi connectivity index (χ4v) is 0.918. The highest BCUT2D eigenvalue weighted by molar-refractivity contribution is 5.78. The Morgan fingerprint density at radius 1 is 1.33 bits per heavy atom. The van der Waals surface area contributed by atoms with Crippen LogP contribution in [0.3, 0.4) is 0 Å². The van der Waals surface area contributed by atoms with E-state index in [1.54, 1.807) is 0 Å². The molecule has 0 aliphatic carbocycles. The Hall–Kier alpha value is -0.860. The number of unbranched alkanes of at least 4 members (excludes halogenated alkanes) is 2. The first-order valence-corrected chi connectivity index (χ1v) is 4.38. The van der Waals surface area contributed by atoms with Crippen molar-refractivity contribution >= 4 is 12.3 Å². The zero-order valence-corrected chi connectivity index (χ0v) is 7.54. The maximum atomic E-state index is 11.0. The molecular formula is C9H16O3. The largest absolute Gasteiger partial charge is 0.467 e. The van der Waals surface area contributed by atoms with Crippen molar-refractivity contribution < 1.29 is 14.3 Å². The lowest BCUT2D eigenvalue weighted by Crippen LogP contribution is -2.03. The molecule has 0 bridgehead atoms. The summed E-state index contributed by atoms with van der Waals surface area (Å²) in [5.41, 5.74) is 0. The van der Waals surface area contributed by atoms with Gasteiger partial charge in [0, 0.05) is 12.8 Å². The van der Waals surface area contributed by atoms with E-state index in [0.717, 1.165) is 19.3 Å². The van der Waals surface area contributed by atoms with Crippen LogP contribution in [0.25, 0.3) is 0 Å². The first kappa shape index (κ1) is 11.1. The van der Waals surface area contributed by atoms with E-state index in [9.17, 15) is 9.59 Å². The topological polar surface area (TPSA) is 43.4 Å². The van der Waals surface area contributed by atoms with Gasteiger partial charge in [0.2, 0.25) is 0 Å². The Labute approximate surface area is 73.1 Å². The summed E-state index contributed by atoms with van der Waals surface area (Å²) in [6, 6.07) is 0. The van der Waals surface area contributed by atoms with Gasteiger partial charge in [0.05, 0.1) is 6.61 Å². The SMILES string of the molecule is CCCCCC(=O)CCOC=O. The van der Waals surface area contributed by atoms with E-state index in [1.807, 2.05) is 0 Å². The molecule has 0 aromatic carbocycles. The molecule has 3 nitrogen and oxygen atoms in total. The highest BCUT2D eigenvalue weighted by atomic mass is 16.5. The molecule has 0 atom stereocenters. The Morgan fingerprint density at radius 3 is 2.67 bits per heavy atom. The van der Waals surface area contributed by atoms with Gasteiger partial charge < -0.3 is 4.74 Å². The molecule has 0 aromatic heterocycles. The molecule has 3 heteroatoms. The maximum Gasteiger partial charge on any atom is 0.293 e. The highest BCUT2D eigenvalue weighted by Gasteiger charge is 2.00. The van der Waals surface area contributed by atoms with Crippen molar-refractivity contribution in [2.75, 3.05) is 6.61 Å². The van der Waals surface area contributed by atoms with Crippen LogP contribution >= 0.6 is 0 Å². The zero-order valence-electron chi connectivity index (χ0n) is 7.54. The molecule has 0 amide bonds. The van der Waals surface area contributed by atoms with Gasteiger partial charge >= 0.3 is 0 Å². The molecule has 0 aliphatic rings. The van der Waals surface area contributed by atoms with E-state index in [2.05, 4.69) is 11.7 Å². The molecular weight excluding hydrogens is 156 g/mol. The van der Waals surface area contributed by atoms with E-state index >= 15 is 0 Å². The molecule has 0 unspecified atom stereocenters. The molecule has 0 aliphatic heterocycles. The molecule has 0 saturated carbocycles. The summed E-state index contributed by atoms with van der Waals surface area (Å²) >= 11 is 0. The molecule has 0 N–H and O–H groups in total. The summed E-state index contributed by atoms with van der Waals surface area (Å²) in [6.07, 6.45) is 4.16. The Bertz CT molecular complexity index is 132. The first-order valence-electron chi connectivity index (χ1n) is 4.38. The molecule has 0 aromatic rings. The van der Waals surface area contributed by atoms with Crippen LogP contribution in [0.4, 0.5) is 0 Å². The molecule has 0 radical (unpaired) electrons. The number of ether oxygens (including phenoxy) is 1. The average molecular weight is 172 g/mol. The second-order valence-electron chi connectivity index (χ2n) is 2.71. The second-order valence-corrected chi connectivity index (χ2v) is 2.71. The van der Waals surface area contributed by atoms with Crippen LogP contribution in [0.1, 0.15) is 39.0 Å². The molecule has 0 heterocycles. The second kappa shape index (κ2) is 8.24. The molecule has 70 valence electrons. The average Bonchev–Trinajstić information content (AvgIpc) is 2.06.